The molecule has 1 aliphatic heterocycles. The highest BCUT2D eigenvalue weighted by atomic mass is 32.2. The zero-order valence-electron chi connectivity index (χ0n) is 10.7. The van der Waals surface area contributed by atoms with Crippen molar-refractivity contribution in [2.75, 3.05) is 5.32 Å². The predicted octanol–water partition coefficient (Wildman–Crippen LogP) is 4.11. The van der Waals surface area contributed by atoms with Crippen molar-refractivity contribution in [3.63, 3.8) is 0 Å². The maximum absolute atomic E-state index is 12.2. The minimum absolute atomic E-state index is 0.0557. The summed E-state index contributed by atoms with van der Waals surface area (Å²) in [5.74, 6) is 0.0334. The molecule has 1 amide bonds. The Hall–Kier alpha value is -1.74. The number of hydrogen-bond acceptors (Lipinski definition) is 2. The Kier molecular flexibility index (Phi) is 3.30. The van der Waals surface area contributed by atoms with Crippen LogP contribution in [-0.4, -0.2) is 5.91 Å². The SMILES string of the molecule is C[C@H]1C(=O)Nc2ccccc2S[C@@H]1c1ccccc1. The molecule has 1 heterocycles. The molecule has 2 aromatic carbocycles. The van der Waals surface area contributed by atoms with E-state index in [1.54, 1.807) is 11.8 Å². The number of amides is 1. The van der Waals surface area contributed by atoms with Crippen molar-refractivity contribution in [2.24, 2.45) is 5.92 Å². The summed E-state index contributed by atoms with van der Waals surface area (Å²) in [4.78, 5) is 13.4. The summed E-state index contributed by atoms with van der Waals surface area (Å²) in [5, 5.41) is 3.17. The van der Waals surface area contributed by atoms with Gasteiger partial charge in [0.05, 0.1) is 11.6 Å². The third-order valence-corrected chi connectivity index (χ3v) is 4.94. The molecule has 96 valence electrons. The van der Waals surface area contributed by atoms with Crippen LogP contribution >= 0.6 is 11.8 Å². The van der Waals surface area contributed by atoms with E-state index in [9.17, 15) is 4.79 Å². The van der Waals surface area contributed by atoms with Crippen LogP contribution in [0, 0.1) is 5.92 Å². The zero-order valence-corrected chi connectivity index (χ0v) is 11.5. The summed E-state index contributed by atoms with van der Waals surface area (Å²) >= 11 is 1.76. The number of hydrogen-bond donors (Lipinski definition) is 1. The maximum Gasteiger partial charge on any atom is 0.228 e. The van der Waals surface area contributed by atoms with E-state index in [1.807, 2.05) is 43.3 Å². The van der Waals surface area contributed by atoms with Crippen LogP contribution < -0.4 is 5.32 Å². The Morgan fingerprint density at radius 2 is 1.68 bits per heavy atom. The van der Waals surface area contributed by atoms with Crippen molar-refractivity contribution >= 4 is 23.4 Å². The molecule has 0 radical (unpaired) electrons. The van der Waals surface area contributed by atoms with Gasteiger partial charge in [0.15, 0.2) is 0 Å². The molecule has 0 bridgehead atoms. The fourth-order valence-electron chi connectivity index (χ4n) is 2.30. The van der Waals surface area contributed by atoms with Gasteiger partial charge < -0.3 is 5.32 Å². The Labute approximate surface area is 117 Å². The van der Waals surface area contributed by atoms with E-state index in [2.05, 4.69) is 23.5 Å². The van der Waals surface area contributed by atoms with Gasteiger partial charge in [0.2, 0.25) is 5.91 Å². The number of para-hydroxylation sites is 1. The Morgan fingerprint density at radius 1 is 1.00 bits per heavy atom. The topological polar surface area (TPSA) is 29.1 Å². The summed E-state index contributed by atoms with van der Waals surface area (Å²) in [6.07, 6.45) is 0. The molecule has 1 N–H and O–H groups in total. The van der Waals surface area contributed by atoms with Crippen molar-refractivity contribution in [3.05, 3.63) is 60.2 Å². The highest BCUT2D eigenvalue weighted by molar-refractivity contribution is 7.99. The first-order valence-corrected chi connectivity index (χ1v) is 7.25. The minimum Gasteiger partial charge on any atom is -0.325 e. The number of fused-ring (bicyclic) bond motifs is 1. The lowest BCUT2D eigenvalue weighted by molar-refractivity contribution is -0.119. The second kappa shape index (κ2) is 5.10. The zero-order chi connectivity index (χ0) is 13.2. The lowest BCUT2D eigenvalue weighted by Crippen LogP contribution is -2.22. The van der Waals surface area contributed by atoms with Gasteiger partial charge in [0.1, 0.15) is 0 Å². The quantitative estimate of drug-likeness (QED) is 0.844. The molecule has 2 atom stereocenters. The van der Waals surface area contributed by atoms with E-state index in [0.29, 0.717) is 0 Å². The lowest BCUT2D eigenvalue weighted by Gasteiger charge is -2.19. The lowest BCUT2D eigenvalue weighted by atomic mass is 9.99. The molecular weight excluding hydrogens is 254 g/mol. The van der Waals surface area contributed by atoms with Gasteiger partial charge >= 0.3 is 0 Å². The molecule has 3 heteroatoms. The Balaban J connectivity index is 2.03. The molecule has 2 aromatic rings. The first-order chi connectivity index (χ1) is 9.25. The van der Waals surface area contributed by atoms with Crippen LogP contribution in [0.15, 0.2) is 59.5 Å². The Bertz CT molecular complexity index is 597. The molecule has 0 fully saturated rings. The highest BCUT2D eigenvalue weighted by Gasteiger charge is 2.30. The van der Waals surface area contributed by atoms with Gasteiger partial charge in [0.25, 0.3) is 0 Å². The van der Waals surface area contributed by atoms with Crippen molar-refractivity contribution < 1.29 is 4.79 Å². The van der Waals surface area contributed by atoms with Crippen LogP contribution in [0.25, 0.3) is 0 Å². The van der Waals surface area contributed by atoms with E-state index in [-0.39, 0.29) is 17.1 Å². The molecule has 0 spiro atoms. The summed E-state index contributed by atoms with van der Waals surface area (Å²) < 4.78 is 0. The van der Waals surface area contributed by atoms with E-state index in [4.69, 9.17) is 0 Å². The van der Waals surface area contributed by atoms with Crippen LogP contribution in [0.2, 0.25) is 0 Å². The average Bonchev–Trinajstić information content (AvgIpc) is 2.58. The smallest absolute Gasteiger partial charge is 0.228 e. The molecule has 0 saturated carbocycles. The minimum atomic E-state index is -0.0557. The highest BCUT2D eigenvalue weighted by Crippen LogP contribution is 2.45. The summed E-state index contributed by atoms with van der Waals surface area (Å²) in [6, 6.07) is 18.2. The largest absolute Gasteiger partial charge is 0.325 e. The molecule has 2 nitrogen and oxygen atoms in total. The van der Waals surface area contributed by atoms with Crippen LogP contribution in [0.5, 0.6) is 0 Å². The first-order valence-electron chi connectivity index (χ1n) is 6.37. The summed E-state index contributed by atoms with van der Waals surface area (Å²) in [7, 11) is 0. The monoisotopic (exact) mass is 269 g/mol. The number of nitrogens with one attached hydrogen (secondary N) is 1. The number of carbonyl (C=O) groups excluding carboxylic acids is 1. The van der Waals surface area contributed by atoms with E-state index < -0.39 is 0 Å². The Morgan fingerprint density at radius 3 is 2.47 bits per heavy atom. The van der Waals surface area contributed by atoms with Gasteiger partial charge in [-0.25, -0.2) is 0 Å². The van der Waals surface area contributed by atoms with Crippen molar-refractivity contribution in [1.82, 2.24) is 0 Å². The number of rotatable bonds is 1. The molecule has 0 saturated heterocycles. The van der Waals surface area contributed by atoms with Gasteiger partial charge in [0, 0.05) is 10.1 Å². The second-order valence-corrected chi connectivity index (χ2v) is 5.91. The average molecular weight is 269 g/mol. The van der Waals surface area contributed by atoms with Gasteiger partial charge in [-0.3, -0.25) is 4.79 Å². The maximum atomic E-state index is 12.2. The van der Waals surface area contributed by atoms with Gasteiger partial charge in [-0.2, -0.15) is 0 Å². The van der Waals surface area contributed by atoms with E-state index in [1.165, 1.54) is 5.56 Å². The van der Waals surface area contributed by atoms with Gasteiger partial charge in [-0.1, -0.05) is 49.4 Å². The summed E-state index contributed by atoms with van der Waals surface area (Å²) in [6.45, 7) is 1.99. The second-order valence-electron chi connectivity index (χ2n) is 4.72. The summed E-state index contributed by atoms with van der Waals surface area (Å²) in [5.41, 5.74) is 2.12. The fraction of sp³-hybridized carbons (Fsp3) is 0.188. The third kappa shape index (κ3) is 2.38. The molecule has 3 rings (SSSR count). The third-order valence-electron chi connectivity index (χ3n) is 3.39. The van der Waals surface area contributed by atoms with E-state index >= 15 is 0 Å². The molecular formula is C16H15NOS. The van der Waals surface area contributed by atoms with Gasteiger partial charge in [-0.15, -0.1) is 11.8 Å². The molecule has 0 aliphatic carbocycles. The normalized spacial score (nSPS) is 22.3. The fourth-order valence-corrected chi connectivity index (χ4v) is 3.59. The number of anilines is 1. The van der Waals surface area contributed by atoms with Crippen molar-refractivity contribution in [3.8, 4) is 0 Å². The molecule has 1 aliphatic rings. The number of thioether (sulfide) groups is 1. The van der Waals surface area contributed by atoms with Crippen LogP contribution in [0.1, 0.15) is 17.7 Å². The standard InChI is InChI=1S/C16H15NOS/c1-11-15(12-7-3-2-4-8-12)19-14-10-6-5-9-13(14)17-16(11)18/h2-11,15H,1H3,(H,17,18)/t11-,15+/m1/s1. The molecule has 0 unspecified atom stereocenters. The van der Waals surface area contributed by atoms with Gasteiger partial charge in [-0.05, 0) is 17.7 Å². The number of benzene rings is 2. The number of carbonyl (C=O) groups is 1. The predicted molar refractivity (Wildman–Crippen MR) is 79.3 cm³/mol. The van der Waals surface area contributed by atoms with Crippen LogP contribution in [-0.2, 0) is 4.79 Å². The van der Waals surface area contributed by atoms with Crippen LogP contribution in [0.3, 0.4) is 0 Å². The van der Waals surface area contributed by atoms with Crippen molar-refractivity contribution in [2.45, 2.75) is 17.1 Å². The molecule has 19 heavy (non-hydrogen) atoms. The van der Waals surface area contributed by atoms with Crippen LogP contribution in [0.4, 0.5) is 5.69 Å². The first kappa shape index (κ1) is 12.3. The molecule has 0 aromatic heterocycles. The van der Waals surface area contributed by atoms with Crippen molar-refractivity contribution in [1.29, 1.82) is 0 Å². The van der Waals surface area contributed by atoms with E-state index in [0.717, 1.165) is 10.6 Å².